The number of rotatable bonds is 4. The van der Waals surface area contributed by atoms with Crippen molar-refractivity contribution in [1.29, 1.82) is 0 Å². The first-order valence-corrected chi connectivity index (χ1v) is 8.07. The minimum atomic E-state index is -0.284. The topological polar surface area (TPSA) is 67.9 Å². The molecule has 130 valence electrons. The number of hydrogen-bond donors (Lipinski definition) is 1. The Balaban J connectivity index is 1.71. The normalized spacial score (nSPS) is 12.4. The molecule has 0 fully saturated rings. The Morgan fingerprint density at radius 2 is 1.84 bits per heavy atom. The molecule has 0 saturated heterocycles. The van der Waals surface area contributed by atoms with Crippen LogP contribution >= 0.6 is 0 Å². The lowest BCUT2D eigenvalue weighted by Crippen LogP contribution is -2.36. The van der Waals surface area contributed by atoms with Crippen molar-refractivity contribution in [3.63, 3.8) is 0 Å². The van der Waals surface area contributed by atoms with Gasteiger partial charge in [0.15, 0.2) is 11.5 Å². The Morgan fingerprint density at radius 3 is 2.56 bits per heavy atom. The number of anilines is 2. The fourth-order valence-corrected chi connectivity index (χ4v) is 2.65. The minimum absolute atomic E-state index is 0.0623. The number of ether oxygens (including phenoxy) is 2. The lowest BCUT2D eigenvalue weighted by molar-refractivity contribution is -0.120. The summed E-state index contributed by atoms with van der Waals surface area (Å²) in [6.07, 6.45) is 0. The molecular formula is C19H20N2O4. The van der Waals surface area contributed by atoms with E-state index in [1.165, 1.54) is 11.8 Å². The van der Waals surface area contributed by atoms with Crippen LogP contribution in [0.3, 0.4) is 0 Å². The molecule has 0 aliphatic carbocycles. The molecule has 3 rings (SSSR count). The summed E-state index contributed by atoms with van der Waals surface area (Å²) in [5.41, 5.74) is 2.32. The van der Waals surface area contributed by atoms with E-state index in [9.17, 15) is 9.59 Å². The van der Waals surface area contributed by atoms with Gasteiger partial charge in [-0.15, -0.1) is 0 Å². The van der Waals surface area contributed by atoms with Gasteiger partial charge in [-0.05, 0) is 36.8 Å². The molecule has 0 aromatic heterocycles. The smallest absolute Gasteiger partial charge is 0.244 e. The number of carbonyl (C=O) groups excluding carboxylic acids is 2. The fraction of sp³-hybridized carbons (Fsp3) is 0.263. The van der Waals surface area contributed by atoms with Crippen molar-refractivity contribution in [2.45, 2.75) is 13.8 Å². The molecule has 6 heteroatoms. The lowest BCUT2D eigenvalue weighted by Gasteiger charge is -2.22. The lowest BCUT2D eigenvalue weighted by atomic mass is 10.2. The van der Waals surface area contributed by atoms with Gasteiger partial charge in [-0.2, -0.15) is 0 Å². The number of amides is 2. The average molecular weight is 340 g/mol. The Kier molecular flexibility index (Phi) is 4.88. The number of hydrogen-bond acceptors (Lipinski definition) is 4. The summed E-state index contributed by atoms with van der Waals surface area (Å²) in [7, 11) is 0. The monoisotopic (exact) mass is 340 g/mol. The maximum absolute atomic E-state index is 12.4. The van der Waals surface area contributed by atoms with Crippen LogP contribution in [-0.4, -0.2) is 31.6 Å². The Morgan fingerprint density at radius 1 is 1.08 bits per heavy atom. The van der Waals surface area contributed by atoms with Gasteiger partial charge in [-0.25, -0.2) is 0 Å². The van der Waals surface area contributed by atoms with E-state index in [-0.39, 0.29) is 18.4 Å². The van der Waals surface area contributed by atoms with Gasteiger partial charge in [0, 0.05) is 24.4 Å². The molecule has 0 bridgehead atoms. The molecule has 2 aromatic carbocycles. The van der Waals surface area contributed by atoms with E-state index < -0.39 is 0 Å². The van der Waals surface area contributed by atoms with E-state index in [1.807, 2.05) is 31.2 Å². The molecule has 0 saturated carbocycles. The van der Waals surface area contributed by atoms with Crippen LogP contribution in [0.15, 0.2) is 42.5 Å². The first-order valence-electron chi connectivity index (χ1n) is 8.07. The van der Waals surface area contributed by atoms with Crippen LogP contribution in [0.1, 0.15) is 12.5 Å². The van der Waals surface area contributed by atoms with Crippen molar-refractivity contribution >= 4 is 23.2 Å². The predicted octanol–water partition coefficient (Wildman–Crippen LogP) is 2.76. The van der Waals surface area contributed by atoms with Gasteiger partial charge in [-0.3, -0.25) is 9.59 Å². The highest BCUT2D eigenvalue weighted by Gasteiger charge is 2.17. The number of carbonyl (C=O) groups is 2. The Bertz CT molecular complexity index is 804. The van der Waals surface area contributed by atoms with Crippen molar-refractivity contribution in [2.75, 3.05) is 30.0 Å². The first-order chi connectivity index (χ1) is 12.0. The summed E-state index contributed by atoms with van der Waals surface area (Å²) >= 11 is 0. The number of aryl methyl sites for hydroxylation is 1. The van der Waals surface area contributed by atoms with Crippen LogP contribution in [0.4, 0.5) is 11.4 Å². The molecule has 1 aliphatic rings. The van der Waals surface area contributed by atoms with E-state index in [0.29, 0.717) is 36.1 Å². The second kappa shape index (κ2) is 7.25. The molecule has 0 spiro atoms. The number of nitrogens with one attached hydrogen (secondary N) is 1. The average Bonchev–Trinajstić information content (AvgIpc) is 2.59. The van der Waals surface area contributed by atoms with E-state index >= 15 is 0 Å². The molecule has 1 N–H and O–H groups in total. The zero-order valence-corrected chi connectivity index (χ0v) is 14.2. The first kappa shape index (κ1) is 16.8. The van der Waals surface area contributed by atoms with Crippen molar-refractivity contribution < 1.29 is 19.1 Å². The third kappa shape index (κ3) is 4.09. The molecule has 0 atom stereocenters. The summed E-state index contributed by atoms with van der Waals surface area (Å²) < 4.78 is 11.0. The summed E-state index contributed by atoms with van der Waals surface area (Å²) in [6.45, 7) is 4.32. The highest BCUT2D eigenvalue weighted by Crippen LogP contribution is 2.32. The van der Waals surface area contributed by atoms with Crippen LogP contribution in [0, 0.1) is 6.92 Å². The number of fused-ring (bicyclic) bond motifs is 1. The van der Waals surface area contributed by atoms with Crippen molar-refractivity contribution in [1.82, 2.24) is 0 Å². The molecule has 2 amide bonds. The van der Waals surface area contributed by atoms with Crippen molar-refractivity contribution in [3.05, 3.63) is 48.0 Å². The standard InChI is InChI=1S/C19H20N2O4/c1-13-4-3-5-16(10-13)21(14(2)22)12-19(23)20-15-6-7-17-18(11-15)25-9-8-24-17/h3-7,10-11H,8-9,12H2,1-2H3,(H,20,23). The molecule has 0 unspecified atom stereocenters. The maximum atomic E-state index is 12.4. The number of nitrogens with zero attached hydrogens (tertiary/aromatic N) is 1. The van der Waals surface area contributed by atoms with Crippen LogP contribution < -0.4 is 19.7 Å². The zero-order chi connectivity index (χ0) is 17.8. The van der Waals surface area contributed by atoms with E-state index in [0.717, 1.165) is 5.56 Å². The minimum Gasteiger partial charge on any atom is -0.486 e. The van der Waals surface area contributed by atoms with Crippen molar-refractivity contribution in [2.24, 2.45) is 0 Å². The zero-order valence-electron chi connectivity index (χ0n) is 14.2. The highest BCUT2D eigenvalue weighted by molar-refractivity contribution is 6.01. The largest absolute Gasteiger partial charge is 0.486 e. The van der Waals surface area contributed by atoms with Crippen LogP contribution in [-0.2, 0) is 9.59 Å². The maximum Gasteiger partial charge on any atom is 0.244 e. The van der Waals surface area contributed by atoms with Crippen LogP contribution in [0.2, 0.25) is 0 Å². The SMILES string of the molecule is CC(=O)N(CC(=O)Nc1ccc2c(c1)OCCO2)c1cccc(C)c1. The Hall–Kier alpha value is -3.02. The van der Waals surface area contributed by atoms with Gasteiger partial charge in [0.25, 0.3) is 0 Å². The third-order valence-corrected chi connectivity index (χ3v) is 3.82. The molecular weight excluding hydrogens is 320 g/mol. The summed E-state index contributed by atoms with van der Waals surface area (Å²) in [4.78, 5) is 25.8. The predicted molar refractivity (Wildman–Crippen MR) is 95.3 cm³/mol. The molecule has 2 aromatic rings. The van der Waals surface area contributed by atoms with Gasteiger partial charge >= 0.3 is 0 Å². The molecule has 25 heavy (non-hydrogen) atoms. The van der Waals surface area contributed by atoms with Crippen LogP contribution in [0.25, 0.3) is 0 Å². The highest BCUT2D eigenvalue weighted by atomic mass is 16.6. The summed E-state index contributed by atoms with van der Waals surface area (Å²) in [6, 6.07) is 12.7. The molecule has 6 nitrogen and oxygen atoms in total. The second-order valence-corrected chi connectivity index (χ2v) is 5.85. The van der Waals surface area contributed by atoms with E-state index in [1.54, 1.807) is 18.2 Å². The van der Waals surface area contributed by atoms with Gasteiger partial charge in [0.05, 0.1) is 0 Å². The molecule has 1 heterocycles. The van der Waals surface area contributed by atoms with Gasteiger partial charge in [0.1, 0.15) is 19.8 Å². The van der Waals surface area contributed by atoms with Crippen molar-refractivity contribution in [3.8, 4) is 11.5 Å². The van der Waals surface area contributed by atoms with Gasteiger partial charge in [0.2, 0.25) is 11.8 Å². The quantitative estimate of drug-likeness (QED) is 0.929. The van der Waals surface area contributed by atoms with E-state index in [4.69, 9.17) is 9.47 Å². The van der Waals surface area contributed by atoms with Gasteiger partial charge < -0.3 is 19.7 Å². The summed E-state index contributed by atoms with van der Waals surface area (Å²) in [5.74, 6) is 0.789. The van der Waals surface area contributed by atoms with Crippen LogP contribution in [0.5, 0.6) is 11.5 Å². The number of benzene rings is 2. The second-order valence-electron chi connectivity index (χ2n) is 5.85. The summed E-state index contributed by atoms with van der Waals surface area (Å²) in [5, 5.41) is 2.79. The van der Waals surface area contributed by atoms with E-state index in [2.05, 4.69) is 5.32 Å². The fourth-order valence-electron chi connectivity index (χ4n) is 2.65. The third-order valence-electron chi connectivity index (χ3n) is 3.82. The molecule has 0 radical (unpaired) electrons. The molecule has 1 aliphatic heterocycles. The van der Waals surface area contributed by atoms with Gasteiger partial charge in [-0.1, -0.05) is 12.1 Å². The Labute approximate surface area is 146 Å².